The molecule has 1 aliphatic carbocycles. The molecule has 0 bridgehead atoms. The highest BCUT2D eigenvalue weighted by Gasteiger charge is 2.25. The van der Waals surface area contributed by atoms with Crippen LogP contribution >= 0.6 is 0 Å². The Morgan fingerprint density at radius 3 is 2.89 bits per heavy atom. The molecule has 0 saturated carbocycles. The predicted octanol–water partition coefficient (Wildman–Crippen LogP) is 4.44. The molecule has 1 aliphatic rings. The van der Waals surface area contributed by atoms with E-state index in [0.717, 1.165) is 6.54 Å². The molecule has 0 spiro atoms. The maximum Gasteiger partial charge on any atom is 0.0321 e. The van der Waals surface area contributed by atoms with Gasteiger partial charge < -0.3 is 5.32 Å². The van der Waals surface area contributed by atoms with Crippen LogP contribution in [0.15, 0.2) is 35.9 Å². The number of hydrogen-bond acceptors (Lipinski definition) is 1. The zero-order valence-corrected chi connectivity index (χ0v) is 12.6. The Bertz CT molecular complexity index is 429. The molecule has 1 heteroatoms. The number of rotatable bonds is 5. The zero-order valence-electron chi connectivity index (χ0n) is 12.6. The molecule has 0 radical (unpaired) electrons. The van der Waals surface area contributed by atoms with E-state index in [9.17, 15) is 0 Å². The molecular weight excluding hydrogens is 230 g/mol. The summed E-state index contributed by atoms with van der Waals surface area (Å²) < 4.78 is 0. The summed E-state index contributed by atoms with van der Waals surface area (Å²) >= 11 is 0. The summed E-state index contributed by atoms with van der Waals surface area (Å²) in [6, 6.07) is 9.50. The molecule has 1 N–H and O–H groups in total. The van der Waals surface area contributed by atoms with Gasteiger partial charge in [0.2, 0.25) is 0 Å². The molecule has 0 heterocycles. The zero-order chi connectivity index (χ0) is 13.7. The molecule has 0 aromatic heterocycles. The lowest BCUT2D eigenvalue weighted by Gasteiger charge is -2.32. The fraction of sp³-hybridized carbons (Fsp3) is 0.556. The maximum atomic E-state index is 3.73. The van der Waals surface area contributed by atoms with Crippen molar-refractivity contribution in [3.8, 4) is 0 Å². The topological polar surface area (TPSA) is 12.0 Å². The first-order chi connectivity index (χ1) is 9.22. The van der Waals surface area contributed by atoms with E-state index in [4.69, 9.17) is 0 Å². The van der Waals surface area contributed by atoms with E-state index < -0.39 is 0 Å². The molecule has 19 heavy (non-hydrogen) atoms. The Kier molecular flexibility index (Phi) is 5.21. The fourth-order valence-electron chi connectivity index (χ4n) is 3.15. The summed E-state index contributed by atoms with van der Waals surface area (Å²) in [6.45, 7) is 7.75. The monoisotopic (exact) mass is 257 g/mol. The fourth-order valence-corrected chi connectivity index (χ4v) is 3.15. The first-order valence-electron chi connectivity index (χ1n) is 7.68. The van der Waals surface area contributed by atoms with Crippen molar-refractivity contribution in [1.82, 2.24) is 5.32 Å². The molecule has 2 atom stereocenters. The van der Waals surface area contributed by atoms with Crippen LogP contribution in [0.2, 0.25) is 0 Å². The molecule has 0 amide bonds. The second-order valence-electron chi connectivity index (χ2n) is 5.92. The Hall–Kier alpha value is -1.08. The smallest absolute Gasteiger partial charge is 0.0321 e. The van der Waals surface area contributed by atoms with Crippen LogP contribution in [0, 0.1) is 0 Å². The molecule has 104 valence electrons. The summed E-state index contributed by atoms with van der Waals surface area (Å²) in [5, 5.41) is 3.73. The maximum absolute atomic E-state index is 3.73. The number of nitrogens with one attached hydrogen (secondary N) is 1. The number of fused-ring (bicyclic) bond motifs is 1. The molecule has 1 nitrogen and oxygen atoms in total. The summed E-state index contributed by atoms with van der Waals surface area (Å²) in [6.07, 6.45) is 7.50. The minimum Gasteiger partial charge on any atom is -0.310 e. The number of benzene rings is 1. The number of allylic oxidation sites excluding steroid dienone is 1. The SMILES string of the molecule is CCCNC(C=C(C)C)C1CCCc2ccccc21. The number of hydrogen-bond donors (Lipinski definition) is 1. The van der Waals surface area contributed by atoms with Gasteiger partial charge in [0.25, 0.3) is 0 Å². The van der Waals surface area contributed by atoms with Crippen LogP contribution in [-0.4, -0.2) is 12.6 Å². The third-order valence-corrected chi connectivity index (χ3v) is 3.99. The van der Waals surface area contributed by atoms with Crippen molar-refractivity contribution in [2.24, 2.45) is 0 Å². The van der Waals surface area contributed by atoms with Crippen LogP contribution < -0.4 is 5.32 Å². The van der Waals surface area contributed by atoms with Gasteiger partial charge in [0.05, 0.1) is 0 Å². The minimum absolute atomic E-state index is 0.492. The highest BCUT2D eigenvalue weighted by molar-refractivity contribution is 5.35. The van der Waals surface area contributed by atoms with Gasteiger partial charge in [0.1, 0.15) is 0 Å². The average Bonchev–Trinajstić information content (AvgIpc) is 2.42. The van der Waals surface area contributed by atoms with Crippen molar-refractivity contribution in [3.63, 3.8) is 0 Å². The Morgan fingerprint density at radius 2 is 2.16 bits per heavy atom. The van der Waals surface area contributed by atoms with E-state index in [-0.39, 0.29) is 0 Å². The third kappa shape index (κ3) is 3.70. The van der Waals surface area contributed by atoms with E-state index in [1.54, 1.807) is 11.1 Å². The van der Waals surface area contributed by atoms with Crippen LogP contribution in [0.5, 0.6) is 0 Å². The molecule has 2 unspecified atom stereocenters. The highest BCUT2D eigenvalue weighted by Crippen LogP contribution is 2.34. The Morgan fingerprint density at radius 1 is 1.37 bits per heavy atom. The van der Waals surface area contributed by atoms with Crippen molar-refractivity contribution < 1.29 is 0 Å². The normalized spacial score (nSPS) is 19.6. The summed E-state index contributed by atoms with van der Waals surface area (Å²) in [5.41, 5.74) is 4.54. The molecule has 0 aliphatic heterocycles. The van der Waals surface area contributed by atoms with Gasteiger partial charge in [-0.05, 0) is 57.2 Å². The van der Waals surface area contributed by atoms with E-state index in [0.29, 0.717) is 12.0 Å². The second-order valence-corrected chi connectivity index (χ2v) is 5.92. The van der Waals surface area contributed by atoms with Gasteiger partial charge in [0, 0.05) is 12.0 Å². The van der Waals surface area contributed by atoms with Gasteiger partial charge in [-0.2, -0.15) is 0 Å². The van der Waals surface area contributed by atoms with Crippen LogP contribution in [-0.2, 0) is 6.42 Å². The van der Waals surface area contributed by atoms with Gasteiger partial charge >= 0.3 is 0 Å². The van der Waals surface area contributed by atoms with Crippen molar-refractivity contribution in [3.05, 3.63) is 47.0 Å². The third-order valence-electron chi connectivity index (χ3n) is 3.99. The van der Waals surface area contributed by atoms with Crippen molar-refractivity contribution >= 4 is 0 Å². The second kappa shape index (κ2) is 6.91. The van der Waals surface area contributed by atoms with E-state index in [2.05, 4.69) is 56.4 Å². The van der Waals surface area contributed by atoms with Crippen molar-refractivity contribution in [2.45, 2.75) is 58.4 Å². The summed E-state index contributed by atoms with van der Waals surface area (Å²) in [7, 11) is 0. The molecule has 1 aromatic rings. The lowest BCUT2D eigenvalue weighted by molar-refractivity contribution is 0.442. The average molecular weight is 257 g/mol. The molecule has 0 fully saturated rings. The highest BCUT2D eigenvalue weighted by atomic mass is 14.9. The molecule has 0 saturated heterocycles. The standard InChI is InChI=1S/C18H27N/c1-4-12-19-18(13-14(2)3)17-11-7-9-15-8-5-6-10-16(15)17/h5-6,8,10,13,17-19H,4,7,9,11-12H2,1-3H3. The van der Waals surface area contributed by atoms with Gasteiger partial charge in [0.15, 0.2) is 0 Å². The van der Waals surface area contributed by atoms with Crippen LogP contribution in [0.25, 0.3) is 0 Å². The molecule has 2 rings (SSSR count). The lowest BCUT2D eigenvalue weighted by atomic mass is 9.78. The largest absolute Gasteiger partial charge is 0.310 e. The van der Waals surface area contributed by atoms with Crippen molar-refractivity contribution in [2.75, 3.05) is 6.54 Å². The molecular formula is C18H27N. The van der Waals surface area contributed by atoms with Gasteiger partial charge in [-0.15, -0.1) is 0 Å². The minimum atomic E-state index is 0.492. The first kappa shape index (κ1) is 14.3. The Labute approximate surface area is 118 Å². The van der Waals surface area contributed by atoms with Crippen LogP contribution in [0.4, 0.5) is 0 Å². The molecule has 1 aromatic carbocycles. The van der Waals surface area contributed by atoms with Gasteiger partial charge in [-0.3, -0.25) is 0 Å². The summed E-state index contributed by atoms with van der Waals surface area (Å²) in [4.78, 5) is 0. The quantitative estimate of drug-likeness (QED) is 0.769. The van der Waals surface area contributed by atoms with E-state index in [1.165, 1.54) is 31.3 Å². The first-order valence-corrected chi connectivity index (χ1v) is 7.68. The van der Waals surface area contributed by atoms with Gasteiger partial charge in [-0.25, -0.2) is 0 Å². The number of aryl methyl sites for hydroxylation is 1. The van der Waals surface area contributed by atoms with E-state index >= 15 is 0 Å². The Balaban J connectivity index is 2.24. The van der Waals surface area contributed by atoms with Crippen LogP contribution in [0.1, 0.15) is 57.1 Å². The van der Waals surface area contributed by atoms with Crippen molar-refractivity contribution in [1.29, 1.82) is 0 Å². The van der Waals surface area contributed by atoms with Crippen LogP contribution in [0.3, 0.4) is 0 Å². The van der Waals surface area contributed by atoms with Gasteiger partial charge in [-0.1, -0.05) is 42.8 Å². The van der Waals surface area contributed by atoms with E-state index in [1.807, 2.05) is 0 Å². The summed E-state index contributed by atoms with van der Waals surface area (Å²) in [5.74, 6) is 0.645. The predicted molar refractivity (Wildman–Crippen MR) is 83.6 cm³/mol. The lowest BCUT2D eigenvalue weighted by Crippen LogP contribution is -2.35.